The first-order chi connectivity index (χ1) is 11.1. The highest BCUT2D eigenvalue weighted by molar-refractivity contribution is 5.93. The molecule has 2 fully saturated rings. The van der Waals surface area contributed by atoms with Gasteiger partial charge in [0.15, 0.2) is 0 Å². The fourth-order valence-electron chi connectivity index (χ4n) is 3.54. The molecule has 0 saturated carbocycles. The number of amides is 1. The van der Waals surface area contributed by atoms with Gasteiger partial charge in [-0.25, -0.2) is 0 Å². The molecule has 3 heterocycles. The molecule has 1 aromatic heterocycles. The van der Waals surface area contributed by atoms with Gasteiger partial charge in [0.2, 0.25) is 0 Å². The van der Waals surface area contributed by atoms with Crippen molar-refractivity contribution >= 4 is 5.91 Å². The van der Waals surface area contributed by atoms with E-state index in [0.29, 0.717) is 11.6 Å². The largest absolute Gasteiger partial charge is 0.472 e. The lowest BCUT2D eigenvalue weighted by Crippen LogP contribution is -2.52. The molecule has 2 atom stereocenters. The summed E-state index contributed by atoms with van der Waals surface area (Å²) in [5, 5.41) is 0. The van der Waals surface area contributed by atoms with E-state index in [9.17, 15) is 4.79 Å². The maximum absolute atomic E-state index is 12.5. The normalized spacial score (nSPS) is 26.1. The van der Waals surface area contributed by atoms with Crippen LogP contribution in [0.5, 0.6) is 0 Å². The maximum Gasteiger partial charge on any atom is 0.257 e. The Kier molecular flexibility index (Phi) is 5.35. The van der Waals surface area contributed by atoms with Crippen molar-refractivity contribution < 1.29 is 13.9 Å². The molecule has 1 aromatic rings. The van der Waals surface area contributed by atoms with Gasteiger partial charge in [-0.05, 0) is 33.0 Å². The lowest BCUT2D eigenvalue weighted by atomic mass is 10.0. The van der Waals surface area contributed by atoms with Crippen LogP contribution in [0.3, 0.4) is 0 Å². The molecule has 128 valence electrons. The molecule has 6 heteroatoms. The predicted molar refractivity (Wildman–Crippen MR) is 87.5 cm³/mol. The fourth-order valence-corrected chi connectivity index (χ4v) is 3.54. The van der Waals surface area contributed by atoms with Gasteiger partial charge in [-0.2, -0.15) is 0 Å². The van der Waals surface area contributed by atoms with Crippen molar-refractivity contribution in [2.24, 2.45) is 0 Å². The molecule has 0 bridgehead atoms. The highest BCUT2D eigenvalue weighted by Crippen LogP contribution is 2.24. The van der Waals surface area contributed by atoms with Crippen LogP contribution < -0.4 is 0 Å². The van der Waals surface area contributed by atoms with Gasteiger partial charge < -0.3 is 19.0 Å². The van der Waals surface area contributed by atoms with Gasteiger partial charge in [0.25, 0.3) is 5.91 Å². The molecule has 2 aliphatic heterocycles. The zero-order valence-electron chi connectivity index (χ0n) is 14.1. The molecule has 6 nitrogen and oxygen atoms in total. The Morgan fingerprint density at radius 2 is 2.13 bits per heavy atom. The number of rotatable bonds is 4. The van der Waals surface area contributed by atoms with Crippen LogP contribution >= 0.6 is 0 Å². The van der Waals surface area contributed by atoms with Crippen molar-refractivity contribution in [3.63, 3.8) is 0 Å². The Morgan fingerprint density at radius 1 is 1.30 bits per heavy atom. The summed E-state index contributed by atoms with van der Waals surface area (Å²) in [6, 6.07) is 2.16. The lowest BCUT2D eigenvalue weighted by Gasteiger charge is -2.40. The third-order valence-electron chi connectivity index (χ3n) is 4.88. The topological polar surface area (TPSA) is 49.2 Å². The number of fused-ring (bicyclic) bond motifs is 1. The van der Waals surface area contributed by atoms with E-state index in [1.807, 2.05) is 4.90 Å². The molecule has 23 heavy (non-hydrogen) atoms. The summed E-state index contributed by atoms with van der Waals surface area (Å²) in [6.07, 6.45) is 5.21. The number of hydrogen-bond donors (Lipinski definition) is 0. The zero-order valence-corrected chi connectivity index (χ0v) is 14.1. The first-order valence-electron chi connectivity index (χ1n) is 8.47. The molecule has 3 rings (SSSR count). The van der Waals surface area contributed by atoms with Gasteiger partial charge in [-0.3, -0.25) is 9.69 Å². The van der Waals surface area contributed by atoms with Gasteiger partial charge in [-0.1, -0.05) is 0 Å². The van der Waals surface area contributed by atoms with Crippen molar-refractivity contribution in [1.29, 1.82) is 0 Å². The second kappa shape index (κ2) is 7.47. The van der Waals surface area contributed by atoms with Crippen molar-refractivity contribution in [3.8, 4) is 0 Å². The number of carbonyl (C=O) groups is 1. The van der Waals surface area contributed by atoms with Gasteiger partial charge in [0, 0.05) is 38.8 Å². The number of furan rings is 1. The van der Waals surface area contributed by atoms with Gasteiger partial charge in [0.05, 0.1) is 24.5 Å². The van der Waals surface area contributed by atoms with E-state index in [1.165, 1.54) is 6.26 Å². The number of nitrogens with zero attached hydrogens (tertiary/aromatic N) is 3. The summed E-state index contributed by atoms with van der Waals surface area (Å²) < 4.78 is 11.0. The molecular formula is C17H27N3O3. The minimum atomic E-state index is 0.0669. The van der Waals surface area contributed by atoms with Crippen LogP contribution in [0, 0.1) is 0 Å². The first-order valence-corrected chi connectivity index (χ1v) is 8.47. The molecule has 1 amide bonds. The summed E-state index contributed by atoms with van der Waals surface area (Å²) in [7, 11) is 4.21. The molecule has 0 aliphatic carbocycles. The maximum atomic E-state index is 12.5. The average Bonchev–Trinajstić information content (AvgIpc) is 2.99. The highest BCUT2D eigenvalue weighted by Gasteiger charge is 2.35. The minimum absolute atomic E-state index is 0.0669. The molecule has 2 saturated heterocycles. The van der Waals surface area contributed by atoms with Crippen LogP contribution in [0.25, 0.3) is 0 Å². The van der Waals surface area contributed by atoms with Crippen LogP contribution in [0.2, 0.25) is 0 Å². The molecule has 0 unspecified atom stereocenters. The monoisotopic (exact) mass is 321 g/mol. The Labute approximate surface area is 138 Å². The molecule has 0 aromatic carbocycles. The van der Waals surface area contributed by atoms with E-state index in [0.717, 1.165) is 52.2 Å². The standard InChI is InChI=1S/C17H27N3O3/c1-18(2)8-9-19-10-12-23-16-4-7-20(6-3-15(16)19)17(21)14-5-11-22-13-14/h5,11,13,15-16H,3-4,6-10,12H2,1-2H3/t15-,16+/m1/s1. The predicted octanol–water partition coefficient (Wildman–Crippen LogP) is 1.15. The van der Waals surface area contributed by atoms with Crippen molar-refractivity contribution in [2.75, 3.05) is 53.4 Å². The van der Waals surface area contributed by atoms with E-state index in [-0.39, 0.29) is 12.0 Å². The van der Waals surface area contributed by atoms with Crippen molar-refractivity contribution in [3.05, 3.63) is 24.2 Å². The molecule has 0 radical (unpaired) electrons. The van der Waals surface area contributed by atoms with Crippen LogP contribution in [-0.4, -0.2) is 86.2 Å². The lowest BCUT2D eigenvalue weighted by molar-refractivity contribution is -0.0724. The summed E-state index contributed by atoms with van der Waals surface area (Å²) >= 11 is 0. The van der Waals surface area contributed by atoms with Gasteiger partial charge >= 0.3 is 0 Å². The second-order valence-corrected chi connectivity index (χ2v) is 6.70. The van der Waals surface area contributed by atoms with Crippen LogP contribution in [0.4, 0.5) is 0 Å². The van der Waals surface area contributed by atoms with E-state index in [1.54, 1.807) is 12.3 Å². The fraction of sp³-hybridized carbons (Fsp3) is 0.706. The summed E-state index contributed by atoms with van der Waals surface area (Å²) in [5.41, 5.74) is 0.639. The SMILES string of the molecule is CN(C)CCN1CCO[C@H]2CCN(C(=O)c3ccoc3)CC[C@H]21. The summed E-state index contributed by atoms with van der Waals surface area (Å²) in [5.74, 6) is 0.0669. The van der Waals surface area contributed by atoms with Crippen LogP contribution in [0.15, 0.2) is 23.0 Å². The van der Waals surface area contributed by atoms with E-state index in [2.05, 4.69) is 23.9 Å². The third-order valence-corrected chi connectivity index (χ3v) is 4.88. The number of likely N-dealkylation sites (N-methyl/N-ethyl adjacent to an activating group) is 1. The smallest absolute Gasteiger partial charge is 0.257 e. The van der Waals surface area contributed by atoms with Crippen LogP contribution in [0.1, 0.15) is 23.2 Å². The highest BCUT2D eigenvalue weighted by atomic mass is 16.5. The second-order valence-electron chi connectivity index (χ2n) is 6.70. The molecule has 0 spiro atoms. The summed E-state index contributed by atoms with van der Waals surface area (Å²) in [4.78, 5) is 19.2. The van der Waals surface area contributed by atoms with E-state index < -0.39 is 0 Å². The number of carbonyl (C=O) groups excluding carboxylic acids is 1. The van der Waals surface area contributed by atoms with E-state index in [4.69, 9.17) is 9.15 Å². The Morgan fingerprint density at radius 3 is 2.87 bits per heavy atom. The minimum Gasteiger partial charge on any atom is -0.472 e. The van der Waals surface area contributed by atoms with Gasteiger partial charge in [0.1, 0.15) is 6.26 Å². The number of hydrogen-bond acceptors (Lipinski definition) is 5. The average molecular weight is 321 g/mol. The molecule has 0 N–H and O–H groups in total. The quantitative estimate of drug-likeness (QED) is 0.832. The van der Waals surface area contributed by atoms with Crippen molar-refractivity contribution in [1.82, 2.24) is 14.7 Å². The van der Waals surface area contributed by atoms with Crippen LogP contribution in [-0.2, 0) is 4.74 Å². The van der Waals surface area contributed by atoms with E-state index >= 15 is 0 Å². The number of ether oxygens (including phenoxy) is 1. The zero-order chi connectivity index (χ0) is 16.2. The third kappa shape index (κ3) is 3.94. The Bertz CT molecular complexity index is 503. The Balaban J connectivity index is 1.63. The van der Waals surface area contributed by atoms with Crippen molar-refractivity contribution in [2.45, 2.75) is 25.0 Å². The van der Waals surface area contributed by atoms with Gasteiger partial charge in [-0.15, -0.1) is 0 Å². The summed E-state index contributed by atoms with van der Waals surface area (Å²) in [6.45, 7) is 5.45. The number of likely N-dealkylation sites (tertiary alicyclic amines) is 1. The number of morpholine rings is 1. The first kappa shape index (κ1) is 16.5. The Hall–Kier alpha value is -1.37. The molecule has 2 aliphatic rings. The molecular weight excluding hydrogens is 294 g/mol.